The van der Waals surface area contributed by atoms with Crippen molar-refractivity contribution in [2.24, 2.45) is 0 Å². The zero-order valence-corrected chi connectivity index (χ0v) is 30.7. The zero-order chi connectivity index (χ0) is 37.6. The molecule has 53 heavy (non-hydrogen) atoms. The van der Waals surface area contributed by atoms with Gasteiger partial charge in [-0.2, -0.15) is 0 Å². The van der Waals surface area contributed by atoms with Gasteiger partial charge < -0.3 is 39.2 Å². The number of aliphatic hydroxyl groups excluding tert-OH is 1. The summed E-state index contributed by atoms with van der Waals surface area (Å²) in [6.07, 6.45) is 6.05. The van der Waals surface area contributed by atoms with Crippen LogP contribution in [-0.2, 0) is 11.2 Å². The first kappa shape index (κ1) is 37.3. The second-order valence-electron chi connectivity index (χ2n) is 13.5. The summed E-state index contributed by atoms with van der Waals surface area (Å²) < 4.78 is 13.2. The van der Waals surface area contributed by atoms with Crippen LogP contribution in [0, 0.1) is 6.92 Å². The molecule has 1 aliphatic rings. The summed E-state index contributed by atoms with van der Waals surface area (Å²) in [6, 6.07) is 16.0. The van der Waals surface area contributed by atoms with Gasteiger partial charge in [-0.25, -0.2) is 9.78 Å². The molecule has 0 bridgehead atoms. The lowest BCUT2D eigenvalue weighted by Crippen LogP contribution is -2.37. The Morgan fingerprint density at radius 3 is 2.62 bits per heavy atom. The van der Waals surface area contributed by atoms with E-state index >= 15 is 0 Å². The largest absolute Gasteiger partial charge is 0.508 e. The van der Waals surface area contributed by atoms with Crippen LogP contribution in [0.25, 0.3) is 16.4 Å². The maximum absolute atomic E-state index is 14.1. The standard InChI is InChI=1S/C41H47N5O7/c1-5-8-26(3)32-22-28(11-13-35(32)48)39(49)42-29-12-14-37-43-33(25-45(37)24-29)40(50)46-17-15-30-34(46)23-36(31-10-7-9-27(4)38(30)31)53-41(51)44(16-6-2)18-20-52-21-19-47/h7,9-14,22-26,47-48H,5-6,8,15-21H2,1-4H3,(H,42,49). The molecule has 1 atom stereocenters. The van der Waals surface area contributed by atoms with Crippen LogP contribution in [0.5, 0.6) is 11.5 Å². The van der Waals surface area contributed by atoms with Crippen LogP contribution < -0.4 is 15.0 Å². The van der Waals surface area contributed by atoms with Crippen LogP contribution in [0.2, 0.25) is 0 Å². The number of hydrogen-bond donors (Lipinski definition) is 3. The molecule has 278 valence electrons. The molecule has 12 heteroatoms. The molecule has 5 aromatic rings. The summed E-state index contributed by atoms with van der Waals surface area (Å²) >= 11 is 0. The number of nitrogens with one attached hydrogen (secondary N) is 1. The molecular weight excluding hydrogens is 674 g/mol. The number of phenols is 1. The fourth-order valence-electron chi connectivity index (χ4n) is 7.08. The minimum absolute atomic E-state index is 0.0936. The monoisotopic (exact) mass is 721 g/mol. The second kappa shape index (κ2) is 16.5. The fourth-order valence-corrected chi connectivity index (χ4v) is 7.08. The van der Waals surface area contributed by atoms with Crippen LogP contribution in [0.15, 0.2) is 67.0 Å². The molecule has 12 nitrogen and oxygen atoms in total. The van der Waals surface area contributed by atoms with Gasteiger partial charge in [0.05, 0.1) is 31.2 Å². The number of imidazole rings is 1. The molecule has 1 unspecified atom stereocenters. The predicted octanol–water partition coefficient (Wildman–Crippen LogP) is 7.08. The Labute approximate surface area is 308 Å². The molecule has 3 amide bonds. The van der Waals surface area contributed by atoms with Crippen molar-refractivity contribution >= 4 is 45.7 Å². The van der Waals surface area contributed by atoms with E-state index in [4.69, 9.17) is 14.6 Å². The van der Waals surface area contributed by atoms with Gasteiger partial charge in [0.1, 0.15) is 22.8 Å². The fraction of sp³-hybridized carbons (Fsp3) is 0.366. The van der Waals surface area contributed by atoms with Crippen molar-refractivity contribution in [1.29, 1.82) is 0 Å². The predicted molar refractivity (Wildman–Crippen MR) is 204 cm³/mol. The number of rotatable bonds is 14. The number of hydrogen-bond acceptors (Lipinski definition) is 8. The van der Waals surface area contributed by atoms with Crippen LogP contribution >= 0.6 is 0 Å². The van der Waals surface area contributed by atoms with E-state index in [1.165, 1.54) is 0 Å². The average Bonchev–Trinajstić information content (AvgIpc) is 3.77. The lowest BCUT2D eigenvalue weighted by atomic mass is 9.94. The lowest BCUT2D eigenvalue weighted by molar-refractivity contribution is 0.0728. The number of aliphatic hydroxyl groups is 1. The van der Waals surface area contributed by atoms with E-state index in [0.29, 0.717) is 54.4 Å². The Balaban J connectivity index is 1.24. The maximum atomic E-state index is 14.1. The van der Waals surface area contributed by atoms with Crippen molar-refractivity contribution in [2.45, 2.75) is 59.3 Å². The van der Waals surface area contributed by atoms with Gasteiger partial charge in [-0.3, -0.25) is 9.59 Å². The summed E-state index contributed by atoms with van der Waals surface area (Å²) in [5.74, 6) is 0.0420. The third kappa shape index (κ3) is 7.98. The van der Waals surface area contributed by atoms with E-state index < -0.39 is 6.09 Å². The van der Waals surface area contributed by atoms with Gasteiger partial charge >= 0.3 is 6.09 Å². The number of anilines is 2. The Bertz CT molecular complexity index is 2140. The van der Waals surface area contributed by atoms with E-state index in [1.807, 2.05) is 39.0 Å². The van der Waals surface area contributed by atoms with Gasteiger partial charge in [-0.15, -0.1) is 0 Å². The lowest BCUT2D eigenvalue weighted by Gasteiger charge is -2.23. The molecule has 0 spiro atoms. The van der Waals surface area contributed by atoms with Gasteiger partial charge in [-0.05, 0) is 84.5 Å². The third-order valence-electron chi connectivity index (χ3n) is 9.70. The van der Waals surface area contributed by atoms with Crippen LogP contribution in [0.1, 0.15) is 83.5 Å². The molecule has 0 fully saturated rings. The second-order valence-corrected chi connectivity index (χ2v) is 13.5. The molecule has 1 aliphatic heterocycles. The molecular formula is C41H47N5O7. The minimum atomic E-state index is -0.516. The summed E-state index contributed by atoms with van der Waals surface area (Å²) in [6.45, 7) is 9.69. The summed E-state index contributed by atoms with van der Waals surface area (Å²) in [4.78, 5) is 48.7. The first-order valence-corrected chi connectivity index (χ1v) is 18.3. The highest BCUT2D eigenvalue weighted by Gasteiger charge is 2.31. The minimum Gasteiger partial charge on any atom is -0.508 e. The zero-order valence-electron chi connectivity index (χ0n) is 30.7. The number of benzene rings is 3. The van der Waals surface area contributed by atoms with E-state index in [0.717, 1.165) is 46.7 Å². The van der Waals surface area contributed by atoms with E-state index in [2.05, 4.69) is 17.2 Å². The molecule has 2 aromatic heterocycles. The number of fused-ring (bicyclic) bond motifs is 4. The van der Waals surface area contributed by atoms with E-state index in [9.17, 15) is 19.5 Å². The van der Waals surface area contributed by atoms with Crippen LogP contribution in [0.3, 0.4) is 0 Å². The molecule has 3 N–H and O–H groups in total. The SMILES string of the molecule is CCCC(C)c1cc(C(=O)Nc2ccc3nc(C(=O)N4CCc5c4cc(OC(=O)N(CCC)CCOCCO)c4cccc(C)c54)cn3c2)ccc1O. The van der Waals surface area contributed by atoms with E-state index in [-0.39, 0.29) is 49.0 Å². The smallest absolute Gasteiger partial charge is 0.415 e. The third-order valence-corrected chi connectivity index (χ3v) is 9.70. The number of ether oxygens (including phenoxy) is 2. The number of phenolic OH excluding ortho intramolecular Hbond substituents is 1. The van der Waals surface area contributed by atoms with E-state index in [1.54, 1.807) is 63.0 Å². The van der Waals surface area contributed by atoms with Crippen molar-refractivity contribution < 1.29 is 34.1 Å². The van der Waals surface area contributed by atoms with Gasteiger partial charge in [0, 0.05) is 49.0 Å². The highest BCUT2D eigenvalue weighted by atomic mass is 16.6. The van der Waals surface area contributed by atoms with Crippen molar-refractivity contribution in [3.8, 4) is 11.5 Å². The number of carbonyl (C=O) groups is 3. The van der Waals surface area contributed by atoms with Crippen molar-refractivity contribution in [2.75, 3.05) is 49.7 Å². The molecule has 3 heterocycles. The summed E-state index contributed by atoms with van der Waals surface area (Å²) in [5.41, 5.74) is 5.14. The molecule has 6 rings (SSSR count). The quantitative estimate of drug-likeness (QED) is 0.103. The highest BCUT2D eigenvalue weighted by molar-refractivity contribution is 6.10. The topological polar surface area (TPSA) is 146 Å². The first-order chi connectivity index (χ1) is 25.6. The Hall–Kier alpha value is -5.46. The molecule has 0 aliphatic carbocycles. The van der Waals surface area contributed by atoms with Crippen molar-refractivity contribution in [1.82, 2.24) is 14.3 Å². The molecule has 0 saturated heterocycles. The number of amides is 3. The Morgan fingerprint density at radius 2 is 1.85 bits per heavy atom. The molecule has 0 saturated carbocycles. The highest BCUT2D eigenvalue weighted by Crippen LogP contribution is 2.42. The Kier molecular flexibility index (Phi) is 11.6. The summed E-state index contributed by atoms with van der Waals surface area (Å²) in [7, 11) is 0. The van der Waals surface area contributed by atoms with Gasteiger partial charge in [0.25, 0.3) is 11.8 Å². The number of aromatic hydroxyl groups is 1. The van der Waals surface area contributed by atoms with Crippen LogP contribution in [0.4, 0.5) is 16.2 Å². The molecule has 0 radical (unpaired) electrons. The Morgan fingerprint density at radius 1 is 1.02 bits per heavy atom. The maximum Gasteiger partial charge on any atom is 0.415 e. The van der Waals surface area contributed by atoms with Gasteiger partial charge in [0.2, 0.25) is 0 Å². The van der Waals surface area contributed by atoms with Crippen LogP contribution in [-0.4, -0.2) is 81.9 Å². The van der Waals surface area contributed by atoms with Crippen molar-refractivity contribution in [3.63, 3.8) is 0 Å². The number of carbonyl (C=O) groups excluding carboxylic acids is 3. The average molecular weight is 722 g/mol. The van der Waals surface area contributed by atoms with Gasteiger partial charge in [0.15, 0.2) is 0 Å². The number of aryl methyl sites for hydroxylation is 1. The van der Waals surface area contributed by atoms with Gasteiger partial charge in [-0.1, -0.05) is 45.4 Å². The summed E-state index contributed by atoms with van der Waals surface area (Å²) in [5, 5.41) is 24.1. The number of pyridine rings is 1. The molecule has 3 aromatic carbocycles. The number of aromatic nitrogens is 2. The first-order valence-electron chi connectivity index (χ1n) is 18.3. The van der Waals surface area contributed by atoms with Crippen molar-refractivity contribution in [3.05, 3.63) is 94.9 Å². The normalized spacial score (nSPS) is 13.0. The number of nitrogens with zero attached hydrogens (tertiary/aromatic N) is 4.